The van der Waals surface area contributed by atoms with Crippen molar-refractivity contribution < 1.29 is 13.2 Å². The van der Waals surface area contributed by atoms with Crippen molar-refractivity contribution in [3.05, 3.63) is 24.3 Å². The zero-order chi connectivity index (χ0) is 12.3. The highest BCUT2D eigenvalue weighted by Crippen LogP contribution is 2.24. The van der Waals surface area contributed by atoms with Gasteiger partial charge in [-0.2, -0.15) is 4.83 Å². The van der Waals surface area contributed by atoms with Gasteiger partial charge in [-0.25, -0.2) is 8.42 Å². The molecule has 0 unspecified atom stereocenters. The predicted molar refractivity (Wildman–Crippen MR) is 63.8 cm³/mol. The van der Waals surface area contributed by atoms with Crippen LogP contribution in [0, 0.1) is 0 Å². The Bertz CT molecular complexity index is 464. The lowest BCUT2D eigenvalue weighted by atomic mass is 10.3. The normalized spacial score (nSPS) is 17.2. The molecule has 94 valence electrons. The SMILES string of the molecule is NNS(=O)(=O)c1ccc(OC2CCCC2)cc1. The number of ether oxygens (including phenoxy) is 1. The lowest BCUT2D eigenvalue weighted by Gasteiger charge is -2.13. The van der Waals surface area contributed by atoms with Gasteiger partial charge in [-0.15, -0.1) is 0 Å². The van der Waals surface area contributed by atoms with Gasteiger partial charge in [0.1, 0.15) is 5.75 Å². The summed E-state index contributed by atoms with van der Waals surface area (Å²) in [5.74, 6) is 5.64. The molecule has 0 amide bonds. The van der Waals surface area contributed by atoms with Gasteiger partial charge in [-0.1, -0.05) is 0 Å². The van der Waals surface area contributed by atoms with E-state index in [1.54, 1.807) is 17.0 Å². The maximum absolute atomic E-state index is 11.4. The molecule has 0 spiro atoms. The van der Waals surface area contributed by atoms with Crippen molar-refractivity contribution in [2.75, 3.05) is 0 Å². The summed E-state index contributed by atoms with van der Waals surface area (Å²) in [5, 5.41) is 0. The Morgan fingerprint density at radius 3 is 2.29 bits per heavy atom. The summed E-state index contributed by atoms with van der Waals surface area (Å²) in [6.45, 7) is 0. The van der Waals surface area contributed by atoms with Gasteiger partial charge in [-0.05, 0) is 49.9 Å². The molecule has 6 heteroatoms. The minimum atomic E-state index is -3.57. The van der Waals surface area contributed by atoms with Crippen LogP contribution in [0.5, 0.6) is 5.75 Å². The maximum atomic E-state index is 11.4. The summed E-state index contributed by atoms with van der Waals surface area (Å²) in [4.78, 5) is 1.92. The predicted octanol–water partition coefficient (Wildman–Crippen LogP) is 1.16. The fourth-order valence-electron chi connectivity index (χ4n) is 1.96. The Balaban J connectivity index is 2.07. The van der Waals surface area contributed by atoms with Crippen LogP contribution >= 0.6 is 0 Å². The third-order valence-electron chi connectivity index (χ3n) is 2.89. The first kappa shape index (κ1) is 12.3. The molecule has 1 aliphatic carbocycles. The summed E-state index contributed by atoms with van der Waals surface area (Å²) in [6.07, 6.45) is 4.82. The number of hydrogen-bond donors (Lipinski definition) is 2. The molecule has 3 N–H and O–H groups in total. The third kappa shape index (κ3) is 2.96. The van der Waals surface area contributed by atoms with Gasteiger partial charge in [-0.3, -0.25) is 5.84 Å². The molecule has 1 saturated carbocycles. The number of sulfonamides is 1. The summed E-state index contributed by atoms with van der Waals surface area (Å²) in [6, 6.07) is 6.28. The Hall–Kier alpha value is -1.11. The Morgan fingerprint density at radius 1 is 1.18 bits per heavy atom. The minimum Gasteiger partial charge on any atom is -0.490 e. The number of nitrogens with one attached hydrogen (secondary N) is 1. The molecule has 0 saturated heterocycles. The zero-order valence-electron chi connectivity index (χ0n) is 9.43. The van der Waals surface area contributed by atoms with Crippen molar-refractivity contribution in [2.45, 2.75) is 36.7 Å². The summed E-state index contributed by atoms with van der Waals surface area (Å²) < 4.78 is 28.5. The van der Waals surface area contributed by atoms with Crippen LogP contribution in [0.3, 0.4) is 0 Å². The van der Waals surface area contributed by atoms with Crippen LogP contribution in [0.1, 0.15) is 25.7 Å². The quantitative estimate of drug-likeness (QED) is 0.625. The van der Waals surface area contributed by atoms with Gasteiger partial charge in [0.05, 0.1) is 11.0 Å². The molecular formula is C11H16N2O3S. The van der Waals surface area contributed by atoms with E-state index in [-0.39, 0.29) is 11.0 Å². The van der Waals surface area contributed by atoms with Gasteiger partial charge in [0.15, 0.2) is 0 Å². The average molecular weight is 256 g/mol. The molecule has 0 aliphatic heterocycles. The number of hydrazine groups is 1. The average Bonchev–Trinajstić information content (AvgIpc) is 2.83. The summed E-state index contributed by atoms with van der Waals surface area (Å²) >= 11 is 0. The van der Waals surface area contributed by atoms with Crippen LogP contribution in [-0.4, -0.2) is 14.5 Å². The van der Waals surface area contributed by atoms with Crippen LogP contribution < -0.4 is 15.4 Å². The van der Waals surface area contributed by atoms with Crippen LogP contribution in [0.2, 0.25) is 0 Å². The van der Waals surface area contributed by atoms with E-state index < -0.39 is 10.0 Å². The molecule has 0 radical (unpaired) electrons. The van der Waals surface area contributed by atoms with Crippen molar-refractivity contribution in [1.82, 2.24) is 4.83 Å². The zero-order valence-corrected chi connectivity index (χ0v) is 10.2. The highest BCUT2D eigenvalue weighted by atomic mass is 32.2. The lowest BCUT2D eigenvalue weighted by molar-refractivity contribution is 0.210. The topological polar surface area (TPSA) is 81.4 Å². The van der Waals surface area contributed by atoms with E-state index in [0.29, 0.717) is 5.75 Å². The van der Waals surface area contributed by atoms with E-state index in [1.165, 1.54) is 25.0 Å². The molecule has 1 fully saturated rings. The van der Waals surface area contributed by atoms with E-state index >= 15 is 0 Å². The first-order valence-electron chi connectivity index (χ1n) is 5.61. The highest BCUT2D eigenvalue weighted by molar-refractivity contribution is 7.89. The molecule has 1 aromatic rings. The Labute approximate surface area is 101 Å². The second kappa shape index (κ2) is 5.03. The second-order valence-corrected chi connectivity index (χ2v) is 5.83. The molecule has 0 bridgehead atoms. The van der Waals surface area contributed by atoms with Crippen molar-refractivity contribution in [3.63, 3.8) is 0 Å². The van der Waals surface area contributed by atoms with E-state index in [4.69, 9.17) is 10.6 Å². The summed E-state index contributed by atoms with van der Waals surface area (Å²) in [7, 11) is -3.57. The van der Waals surface area contributed by atoms with E-state index in [2.05, 4.69) is 0 Å². The number of benzene rings is 1. The standard InChI is InChI=1S/C11H16N2O3S/c12-13-17(14,15)11-7-5-10(6-8-11)16-9-3-1-2-4-9/h5-9,13H,1-4,12H2. The van der Waals surface area contributed by atoms with E-state index in [9.17, 15) is 8.42 Å². The fraction of sp³-hybridized carbons (Fsp3) is 0.455. The smallest absolute Gasteiger partial charge is 0.253 e. The summed E-state index contributed by atoms with van der Waals surface area (Å²) in [5.41, 5.74) is 0. The van der Waals surface area contributed by atoms with Gasteiger partial charge >= 0.3 is 0 Å². The lowest BCUT2D eigenvalue weighted by Crippen LogP contribution is -2.30. The van der Waals surface area contributed by atoms with Crippen LogP contribution in [0.25, 0.3) is 0 Å². The highest BCUT2D eigenvalue weighted by Gasteiger charge is 2.17. The Kier molecular flexibility index (Phi) is 3.66. The first-order valence-corrected chi connectivity index (χ1v) is 7.09. The molecule has 1 aromatic carbocycles. The monoisotopic (exact) mass is 256 g/mol. The van der Waals surface area contributed by atoms with Crippen molar-refractivity contribution in [1.29, 1.82) is 0 Å². The van der Waals surface area contributed by atoms with Crippen molar-refractivity contribution in [2.24, 2.45) is 5.84 Å². The van der Waals surface area contributed by atoms with Crippen LogP contribution in [0.4, 0.5) is 0 Å². The maximum Gasteiger partial charge on any atom is 0.253 e. The molecule has 0 heterocycles. The van der Waals surface area contributed by atoms with Gasteiger partial charge in [0.25, 0.3) is 10.0 Å². The van der Waals surface area contributed by atoms with Gasteiger partial charge in [0, 0.05) is 0 Å². The molecule has 1 aliphatic rings. The number of rotatable bonds is 4. The molecule has 2 rings (SSSR count). The molecule has 17 heavy (non-hydrogen) atoms. The van der Waals surface area contributed by atoms with Crippen molar-refractivity contribution in [3.8, 4) is 5.75 Å². The number of nitrogens with two attached hydrogens (primary N) is 1. The van der Waals surface area contributed by atoms with Gasteiger partial charge < -0.3 is 4.74 Å². The van der Waals surface area contributed by atoms with Crippen LogP contribution in [-0.2, 0) is 10.0 Å². The third-order valence-corrected chi connectivity index (χ3v) is 4.10. The van der Waals surface area contributed by atoms with E-state index in [0.717, 1.165) is 12.8 Å². The number of hydrogen-bond acceptors (Lipinski definition) is 4. The Morgan fingerprint density at radius 2 is 1.76 bits per heavy atom. The van der Waals surface area contributed by atoms with Crippen molar-refractivity contribution >= 4 is 10.0 Å². The minimum absolute atomic E-state index is 0.138. The largest absolute Gasteiger partial charge is 0.490 e. The molecule has 0 aromatic heterocycles. The van der Waals surface area contributed by atoms with Gasteiger partial charge in [0.2, 0.25) is 0 Å². The van der Waals surface area contributed by atoms with Crippen LogP contribution in [0.15, 0.2) is 29.2 Å². The molecule has 5 nitrogen and oxygen atoms in total. The van der Waals surface area contributed by atoms with E-state index in [1.807, 2.05) is 0 Å². The molecule has 0 atom stereocenters. The fourth-order valence-corrected chi connectivity index (χ4v) is 2.59. The first-order chi connectivity index (χ1) is 8.12. The second-order valence-electron chi connectivity index (χ2n) is 4.12. The molecular weight excluding hydrogens is 240 g/mol.